The maximum absolute atomic E-state index is 8.43. The molecule has 0 amide bonds. The van der Waals surface area contributed by atoms with E-state index in [9.17, 15) is 0 Å². The van der Waals surface area contributed by atoms with E-state index < -0.39 is 0 Å². The van der Waals surface area contributed by atoms with Gasteiger partial charge >= 0.3 is 0 Å². The predicted octanol–water partition coefficient (Wildman–Crippen LogP) is 3.69. The Kier molecular flexibility index (Phi) is 7.32. The molecule has 104 valence electrons. The fourth-order valence-electron chi connectivity index (χ4n) is 1.72. The lowest BCUT2D eigenvalue weighted by Crippen LogP contribution is -2.21. The summed E-state index contributed by atoms with van der Waals surface area (Å²) in [6.07, 6.45) is 4.09. The highest BCUT2D eigenvalue weighted by Crippen LogP contribution is 2.26. The third kappa shape index (κ3) is 5.96. The molecule has 0 saturated heterocycles. The van der Waals surface area contributed by atoms with Gasteiger partial charge in [0.05, 0.1) is 17.7 Å². The molecule has 1 rings (SSSR count). The number of rotatable bonds is 8. The fourth-order valence-corrected chi connectivity index (χ4v) is 1.98. The molecule has 19 heavy (non-hydrogen) atoms. The molecular weight excluding hydrogens is 260 g/mol. The van der Waals surface area contributed by atoms with E-state index in [4.69, 9.17) is 27.3 Å². The minimum absolute atomic E-state index is 0.175. The number of ether oxygens (including phenoxy) is 1. The van der Waals surface area contributed by atoms with Crippen molar-refractivity contribution in [1.29, 1.82) is 5.26 Å². The smallest absolute Gasteiger partial charge is 0.137 e. The monoisotopic (exact) mass is 280 g/mol. The highest BCUT2D eigenvalue weighted by Gasteiger charge is 2.06. The molecule has 0 saturated carbocycles. The van der Waals surface area contributed by atoms with Crippen LogP contribution >= 0.6 is 11.6 Å². The molecule has 3 nitrogen and oxygen atoms in total. The second kappa shape index (κ2) is 8.79. The number of halogens is 1. The minimum atomic E-state index is 0.175. The molecule has 0 fully saturated rings. The van der Waals surface area contributed by atoms with E-state index in [1.807, 2.05) is 18.2 Å². The first-order valence-electron chi connectivity index (χ1n) is 6.71. The van der Waals surface area contributed by atoms with Crippen LogP contribution in [0.3, 0.4) is 0 Å². The number of unbranched alkanes of at least 4 members (excludes halogenated alkanes) is 2. The van der Waals surface area contributed by atoms with Crippen LogP contribution in [0.1, 0.15) is 38.2 Å². The maximum Gasteiger partial charge on any atom is 0.137 e. The Bertz CT molecular complexity index is 429. The van der Waals surface area contributed by atoms with Crippen molar-refractivity contribution >= 4 is 11.6 Å². The largest absolute Gasteiger partial charge is 0.492 e. The van der Waals surface area contributed by atoms with Gasteiger partial charge in [0.1, 0.15) is 5.75 Å². The van der Waals surface area contributed by atoms with Crippen LogP contribution < -0.4 is 10.5 Å². The Hall–Kier alpha value is -1.24. The average molecular weight is 281 g/mol. The van der Waals surface area contributed by atoms with E-state index in [1.165, 1.54) is 0 Å². The van der Waals surface area contributed by atoms with Gasteiger partial charge in [-0.3, -0.25) is 0 Å². The molecule has 2 N–H and O–H groups in total. The van der Waals surface area contributed by atoms with E-state index in [1.54, 1.807) is 0 Å². The van der Waals surface area contributed by atoms with Crippen LogP contribution in [0.15, 0.2) is 18.2 Å². The fraction of sp³-hybridized carbons (Fsp3) is 0.533. The zero-order valence-electron chi connectivity index (χ0n) is 11.4. The summed E-state index contributed by atoms with van der Waals surface area (Å²) >= 11 is 6.18. The molecule has 1 unspecified atom stereocenters. The Morgan fingerprint density at radius 2 is 2.21 bits per heavy atom. The summed E-state index contributed by atoms with van der Waals surface area (Å²) in [6.45, 7) is 2.67. The lowest BCUT2D eigenvalue weighted by Gasteiger charge is -2.11. The van der Waals surface area contributed by atoms with Gasteiger partial charge in [0.2, 0.25) is 0 Å². The van der Waals surface area contributed by atoms with Gasteiger partial charge in [-0.2, -0.15) is 5.26 Å². The predicted molar refractivity (Wildman–Crippen MR) is 78.4 cm³/mol. The highest BCUT2D eigenvalue weighted by molar-refractivity contribution is 6.32. The van der Waals surface area contributed by atoms with Crippen molar-refractivity contribution in [2.24, 2.45) is 5.73 Å². The van der Waals surface area contributed by atoms with Crippen molar-refractivity contribution in [3.63, 3.8) is 0 Å². The Morgan fingerprint density at radius 1 is 1.42 bits per heavy atom. The number of nitriles is 1. The Labute approximate surface area is 120 Å². The van der Waals surface area contributed by atoms with E-state index in [2.05, 4.69) is 13.0 Å². The molecule has 0 spiro atoms. The van der Waals surface area contributed by atoms with Crippen molar-refractivity contribution in [3.05, 3.63) is 28.8 Å². The number of hydrogen-bond acceptors (Lipinski definition) is 3. The zero-order valence-corrected chi connectivity index (χ0v) is 12.1. The second-order valence-corrected chi connectivity index (χ2v) is 5.01. The number of hydrogen-bond donors (Lipinski definition) is 1. The van der Waals surface area contributed by atoms with E-state index in [0.717, 1.165) is 31.2 Å². The summed E-state index contributed by atoms with van der Waals surface area (Å²) in [6, 6.07) is 8.11. The first-order chi connectivity index (χ1) is 9.17. The second-order valence-electron chi connectivity index (χ2n) is 4.60. The van der Waals surface area contributed by atoms with E-state index >= 15 is 0 Å². The molecule has 4 heteroatoms. The van der Waals surface area contributed by atoms with Crippen LogP contribution in [0, 0.1) is 11.3 Å². The van der Waals surface area contributed by atoms with Gasteiger partial charge in [-0.25, -0.2) is 0 Å². The molecule has 0 aliphatic carbocycles. The molecule has 0 radical (unpaired) electrons. The lowest BCUT2D eigenvalue weighted by atomic mass is 10.0. The third-order valence-corrected chi connectivity index (χ3v) is 3.25. The molecule has 1 atom stereocenters. The van der Waals surface area contributed by atoms with E-state index in [-0.39, 0.29) is 6.04 Å². The first kappa shape index (κ1) is 15.8. The van der Waals surface area contributed by atoms with E-state index in [0.29, 0.717) is 23.8 Å². The maximum atomic E-state index is 8.43. The lowest BCUT2D eigenvalue weighted by molar-refractivity contribution is 0.307. The average Bonchev–Trinajstić information content (AvgIpc) is 2.40. The van der Waals surface area contributed by atoms with Crippen LogP contribution in [0.2, 0.25) is 5.02 Å². The molecule has 0 aromatic heterocycles. The van der Waals surface area contributed by atoms with Crippen LogP contribution in [0.25, 0.3) is 0 Å². The molecule has 1 aromatic rings. The molecule has 0 bridgehead atoms. The molecule has 0 heterocycles. The van der Waals surface area contributed by atoms with Crippen molar-refractivity contribution < 1.29 is 4.74 Å². The van der Waals surface area contributed by atoms with Gasteiger partial charge in [0.25, 0.3) is 0 Å². The van der Waals surface area contributed by atoms with Crippen LogP contribution in [-0.4, -0.2) is 12.6 Å². The van der Waals surface area contributed by atoms with Gasteiger partial charge in [-0.1, -0.05) is 24.6 Å². The number of nitrogens with zero attached hydrogens (tertiary/aromatic N) is 1. The molecular formula is C15H21ClN2O. The SMILES string of the molecule is CCC(N)Cc1ccc(OCCCCC#N)c(Cl)c1. The van der Waals surface area contributed by atoms with Crippen LogP contribution in [0.4, 0.5) is 0 Å². The number of nitrogens with two attached hydrogens (primary N) is 1. The van der Waals surface area contributed by atoms with Crippen molar-refractivity contribution in [2.45, 2.75) is 45.1 Å². The highest BCUT2D eigenvalue weighted by atomic mass is 35.5. The quantitative estimate of drug-likeness (QED) is 0.739. The first-order valence-corrected chi connectivity index (χ1v) is 7.09. The summed E-state index contributed by atoms with van der Waals surface area (Å²) in [4.78, 5) is 0. The molecule has 0 aliphatic heterocycles. The zero-order chi connectivity index (χ0) is 14.1. The summed E-state index contributed by atoms with van der Waals surface area (Å²) in [5, 5.41) is 9.05. The standard InChI is InChI=1S/C15H21ClN2O/c1-2-13(18)10-12-6-7-15(14(16)11-12)19-9-5-3-4-8-17/h6-7,11,13H,2-5,9-10,18H2,1H3. The Balaban J connectivity index is 2.46. The normalized spacial score (nSPS) is 11.9. The van der Waals surface area contributed by atoms with Crippen molar-refractivity contribution in [3.8, 4) is 11.8 Å². The number of benzene rings is 1. The molecule has 0 aliphatic rings. The van der Waals surface area contributed by atoms with Gasteiger partial charge in [0, 0.05) is 12.5 Å². The van der Waals surface area contributed by atoms with Crippen LogP contribution in [-0.2, 0) is 6.42 Å². The summed E-state index contributed by atoms with van der Waals surface area (Å²) in [5.41, 5.74) is 7.05. The van der Waals surface area contributed by atoms with Gasteiger partial charge in [-0.05, 0) is 43.4 Å². The summed E-state index contributed by atoms with van der Waals surface area (Å²) in [5.74, 6) is 0.701. The van der Waals surface area contributed by atoms with Gasteiger partial charge in [0.15, 0.2) is 0 Å². The van der Waals surface area contributed by atoms with Gasteiger partial charge < -0.3 is 10.5 Å². The topological polar surface area (TPSA) is 59.0 Å². The van der Waals surface area contributed by atoms with Crippen LogP contribution in [0.5, 0.6) is 5.75 Å². The van der Waals surface area contributed by atoms with Crippen molar-refractivity contribution in [1.82, 2.24) is 0 Å². The molecule has 1 aromatic carbocycles. The van der Waals surface area contributed by atoms with Crippen molar-refractivity contribution in [2.75, 3.05) is 6.61 Å². The Morgan fingerprint density at radius 3 is 2.84 bits per heavy atom. The summed E-state index contributed by atoms with van der Waals surface area (Å²) in [7, 11) is 0. The van der Waals surface area contributed by atoms with Gasteiger partial charge in [-0.15, -0.1) is 0 Å². The summed E-state index contributed by atoms with van der Waals surface area (Å²) < 4.78 is 5.60. The third-order valence-electron chi connectivity index (χ3n) is 2.96. The minimum Gasteiger partial charge on any atom is -0.492 e.